The van der Waals surface area contributed by atoms with Gasteiger partial charge in [0.25, 0.3) is 11.8 Å². The lowest BCUT2D eigenvalue weighted by atomic mass is 9.99. The highest BCUT2D eigenvalue weighted by atomic mass is 35.5. The van der Waals surface area contributed by atoms with E-state index in [4.69, 9.17) is 11.6 Å². The van der Waals surface area contributed by atoms with Crippen LogP contribution in [0.15, 0.2) is 42.5 Å². The van der Waals surface area contributed by atoms with Crippen LogP contribution in [0.5, 0.6) is 0 Å². The van der Waals surface area contributed by atoms with Crippen molar-refractivity contribution in [1.82, 2.24) is 14.7 Å². The number of hydrogen-bond acceptors (Lipinski definition) is 3. The van der Waals surface area contributed by atoms with E-state index in [0.29, 0.717) is 49.8 Å². The van der Waals surface area contributed by atoms with Gasteiger partial charge in [-0.25, -0.2) is 8.78 Å². The van der Waals surface area contributed by atoms with Gasteiger partial charge in [-0.2, -0.15) is 26.3 Å². The lowest BCUT2D eigenvalue weighted by molar-refractivity contribution is -0.143. The third kappa shape index (κ3) is 7.85. The number of alkyl halides is 8. The molecule has 0 N–H and O–H groups in total. The number of halogens is 9. The molecule has 0 aromatic heterocycles. The average molecular weight is 598 g/mol. The zero-order valence-corrected chi connectivity index (χ0v) is 22.1. The van der Waals surface area contributed by atoms with Crippen LogP contribution in [0.1, 0.15) is 39.9 Å². The number of likely N-dealkylation sites (tertiary alicyclic amines) is 1. The minimum atomic E-state index is -5.07. The maximum atomic E-state index is 13.5. The molecule has 2 heterocycles. The second-order valence-electron chi connectivity index (χ2n) is 10.3. The summed E-state index contributed by atoms with van der Waals surface area (Å²) in [6.07, 6.45) is -10.3. The Balaban J connectivity index is 1.55. The normalized spacial score (nSPS) is 21.0. The van der Waals surface area contributed by atoms with Gasteiger partial charge in [-0.3, -0.25) is 9.69 Å². The zero-order chi connectivity index (χ0) is 29.3. The predicted octanol–water partition coefficient (Wildman–Crippen LogP) is 6.48. The van der Waals surface area contributed by atoms with Crippen LogP contribution in [0.2, 0.25) is 5.02 Å². The summed E-state index contributed by atoms with van der Waals surface area (Å²) in [4.78, 5) is 18.7. The Hall–Kier alpha value is -2.44. The Bertz CT molecular complexity index is 1140. The summed E-state index contributed by atoms with van der Waals surface area (Å²) in [7, 11) is 0. The lowest BCUT2D eigenvalue weighted by Gasteiger charge is -2.42. The highest BCUT2D eigenvalue weighted by molar-refractivity contribution is 6.30. The van der Waals surface area contributed by atoms with Gasteiger partial charge in [0.05, 0.1) is 11.1 Å². The predicted molar refractivity (Wildman–Crippen MR) is 133 cm³/mol. The first kappa shape index (κ1) is 30.5. The first-order chi connectivity index (χ1) is 18.6. The van der Waals surface area contributed by atoms with Crippen molar-refractivity contribution >= 4 is 17.5 Å². The average Bonchev–Trinajstić information content (AvgIpc) is 2.88. The number of piperidine rings is 1. The molecule has 2 aliphatic heterocycles. The summed E-state index contributed by atoms with van der Waals surface area (Å²) in [6, 6.07) is 7.13. The van der Waals surface area contributed by atoms with E-state index < -0.39 is 46.9 Å². The molecule has 2 fully saturated rings. The molecule has 4 nitrogen and oxygen atoms in total. The van der Waals surface area contributed by atoms with Crippen LogP contribution in [0.25, 0.3) is 0 Å². The molecule has 0 saturated carbocycles. The molecule has 2 aromatic rings. The Morgan fingerprint density at radius 2 is 1.38 bits per heavy atom. The van der Waals surface area contributed by atoms with Crippen LogP contribution in [0.3, 0.4) is 0 Å². The second-order valence-corrected chi connectivity index (χ2v) is 10.7. The van der Waals surface area contributed by atoms with Crippen molar-refractivity contribution in [3.05, 3.63) is 69.7 Å². The quantitative estimate of drug-likeness (QED) is 0.357. The van der Waals surface area contributed by atoms with Gasteiger partial charge in [0.1, 0.15) is 0 Å². The molecule has 0 radical (unpaired) electrons. The van der Waals surface area contributed by atoms with Gasteiger partial charge in [0, 0.05) is 75.3 Å². The molecular weight excluding hydrogens is 570 g/mol. The topological polar surface area (TPSA) is 26.8 Å². The van der Waals surface area contributed by atoms with Crippen molar-refractivity contribution in [3.8, 4) is 0 Å². The number of carbonyl (C=O) groups is 1. The summed E-state index contributed by atoms with van der Waals surface area (Å²) >= 11 is 5.96. The van der Waals surface area contributed by atoms with Gasteiger partial charge in [0.2, 0.25) is 0 Å². The fourth-order valence-corrected chi connectivity index (χ4v) is 5.21. The van der Waals surface area contributed by atoms with Crippen molar-refractivity contribution < 1.29 is 39.9 Å². The maximum absolute atomic E-state index is 13.5. The van der Waals surface area contributed by atoms with E-state index in [2.05, 4.69) is 0 Å². The molecule has 2 aromatic carbocycles. The van der Waals surface area contributed by atoms with Gasteiger partial charge in [0.15, 0.2) is 0 Å². The molecule has 0 aliphatic carbocycles. The van der Waals surface area contributed by atoms with Crippen LogP contribution < -0.4 is 0 Å². The van der Waals surface area contributed by atoms with Gasteiger partial charge in [-0.05, 0) is 42.3 Å². The molecule has 13 heteroatoms. The van der Waals surface area contributed by atoms with Gasteiger partial charge in [-0.1, -0.05) is 23.7 Å². The number of rotatable bonds is 6. The Morgan fingerprint density at radius 3 is 1.93 bits per heavy atom. The number of nitrogens with zero attached hydrogens (tertiary/aromatic N) is 3. The summed E-state index contributed by atoms with van der Waals surface area (Å²) < 4.78 is 107. The number of benzene rings is 2. The van der Waals surface area contributed by atoms with E-state index in [1.165, 1.54) is 4.90 Å². The fourth-order valence-electron chi connectivity index (χ4n) is 5.09. The van der Waals surface area contributed by atoms with Crippen molar-refractivity contribution in [3.63, 3.8) is 0 Å². The summed E-state index contributed by atoms with van der Waals surface area (Å²) in [6.45, 7) is 2.29. The fraction of sp³-hybridized carbons (Fsp3) is 0.519. The first-order valence-electron chi connectivity index (χ1n) is 12.8. The molecule has 0 bridgehead atoms. The first-order valence-corrected chi connectivity index (χ1v) is 13.2. The molecule has 40 heavy (non-hydrogen) atoms. The standard InChI is InChI=1S/C27H28ClF8N3O/c28-22-3-1-18(2-4-22)13-23-17-38(10-9-37-7-5-25(29,30)6-8-37)11-12-39(23)24(40)19-14-20(26(31,32)33)16-21(15-19)27(34,35)36/h1-4,14-16,23H,5-13,17H2/t23-/m1/s1. The molecule has 4 rings (SSSR count). The lowest BCUT2D eigenvalue weighted by Crippen LogP contribution is -2.57. The molecule has 220 valence electrons. The molecule has 0 spiro atoms. The van der Waals surface area contributed by atoms with Gasteiger partial charge < -0.3 is 9.80 Å². The van der Waals surface area contributed by atoms with Crippen LogP contribution in [0.4, 0.5) is 35.1 Å². The van der Waals surface area contributed by atoms with Crippen molar-refractivity contribution in [2.75, 3.05) is 45.8 Å². The number of piperazine rings is 1. The maximum Gasteiger partial charge on any atom is 0.416 e. The minimum Gasteiger partial charge on any atom is -0.333 e. The van der Waals surface area contributed by atoms with E-state index in [1.54, 1.807) is 24.3 Å². The smallest absolute Gasteiger partial charge is 0.333 e. The summed E-state index contributed by atoms with van der Waals surface area (Å²) in [5.74, 6) is -3.59. The molecular formula is C27H28ClF8N3O. The van der Waals surface area contributed by atoms with Gasteiger partial charge in [-0.15, -0.1) is 0 Å². The Kier molecular flexibility index (Phi) is 9.01. The summed E-state index contributed by atoms with van der Waals surface area (Å²) in [5, 5.41) is 0.484. The van der Waals surface area contributed by atoms with Crippen molar-refractivity contribution in [2.24, 2.45) is 0 Å². The highest BCUT2D eigenvalue weighted by Crippen LogP contribution is 2.37. The number of hydrogen-bond donors (Lipinski definition) is 0. The van der Waals surface area contributed by atoms with E-state index in [0.717, 1.165) is 5.56 Å². The third-order valence-electron chi connectivity index (χ3n) is 7.37. The Morgan fingerprint density at radius 1 is 0.825 bits per heavy atom. The number of amides is 1. The van der Waals surface area contributed by atoms with Crippen LogP contribution in [0, 0.1) is 0 Å². The molecule has 2 aliphatic rings. The van der Waals surface area contributed by atoms with E-state index in [-0.39, 0.29) is 38.5 Å². The second kappa shape index (κ2) is 11.8. The van der Waals surface area contributed by atoms with Crippen LogP contribution in [-0.2, 0) is 18.8 Å². The van der Waals surface area contributed by atoms with Gasteiger partial charge >= 0.3 is 12.4 Å². The largest absolute Gasteiger partial charge is 0.416 e. The Labute approximate surface area is 231 Å². The zero-order valence-electron chi connectivity index (χ0n) is 21.3. The van der Waals surface area contributed by atoms with Crippen LogP contribution >= 0.6 is 11.6 Å². The SMILES string of the molecule is O=C(c1cc(C(F)(F)F)cc(C(F)(F)F)c1)N1CCN(CCN2CCC(F)(F)CC2)C[C@H]1Cc1ccc(Cl)cc1. The summed E-state index contributed by atoms with van der Waals surface area (Å²) in [5.41, 5.74) is -3.00. The minimum absolute atomic E-state index is 0.00359. The molecule has 1 amide bonds. The third-order valence-corrected chi connectivity index (χ3v) is 7.62. The van der Waals surface area contributed by atoms with E-state index in [1.807, 2.05) is 9.80 Å². The highest BCUT2D eigenvalue weighted by Gasteiger charge is 2.39. The van der Waals surface area contributed by atoms with Crippen LogP contribution in [-0.4, -0.2) is 78.4 Å². The van der Waals surface area contributed by atoms with Crippen molar-refractivity contribution in [2.45, 2.75) is 43.6 Å². The molecule has 2 saturated heterocycles. The molecule has 1 atom stereocenters. The monoisotopic (exact) mass is 597 g/mol. The molecule has 0 unspecified atom stereocenters. The van der Waals surface area contributed by atoms with Crippen molar-refractivity contribution in [1.29, 1.82) is 0 Å². The van der Waals surface area contributed by atoms with E-state index in [9.17, 15) is 39.9 Å². The van der Waals surface area contributed by atoms with E-state index >= 15 is 0 Å². The number of carbonyl (C=O) groups excluding carboxylic acids is 1.